The maximum absolute atomic E-state index is 12.3. The molecule has 5 heteroatoms. The molecule has 0 aliphatic heterocycles. The second-order valence-electron chi connectivity index (χ2n) is 3.39. The van der Waals surface area contributed by atoms with Gasteiger partial charge in [-0.3, -0.25) is 0 Å². The number of hydrogen-bond acceptors (Lipinski definition) is 1. The predicted octanol–water partition coefficient (Wildman–Crippen LogP) is 3.72. The molecule has 0 N–H and O–H groups in total. The van der Waals surface area contributed by atoms with Crippen molar-refractivity contribution in [3.8, 4) is 0 Å². The third-order valence-corrected chi connectivity index (χ3v) is 2.65. The fourth-order valence-corrected chi connectivity index (χ4v) is 1.41. The minimum Gasteiger partial charge on any atom is -0.384 e. The molecule has 0 amide bonds. The van der Waals surface area contributed by atoms with Gasteiger partial charge in [0.05, 0.1) is 6.61 Å². The van der Waals surface area contributed by atoms with Gasteiger partial charge in [0.1, 0.15) is 0 Å². The first-order chi connectivity index (χ1) is 7.45. The van der Waals surface area contributed by atoms with Crippen LogP contribution in [0.5, 0.6) is 0 Å². The van der Waals surface area contributed by atoms with Gasteiger partial charge in [-0.1, -0.05) is 24.3 Å². The summed E-state index contributed by atoms with van der Waals surface area (Å²) >= 11 is 5.29. The van der Waals surface area contributed by atoms with E-state index in [2.05, 4.69) is 0 Å². The maximum Gasteiger partial charge on any atom is 0.408 e. The summed E-state index contributed by atoms with van der Waals surface area (Å²) in [5.74, 6) is 0. The Hall–Kier alpha value is -0.740. The zero-order valence-electron chi connectivity index (χ0n) is 8.72. The fourth-order valence-electron chi connectivity index (χ4n) is 1.26. The molecule has 0 saturated heterocycles. The molecular formula is C11H12ClF3O. The lowest BCUT2D eigenvalue weighted by molar-refractivity contribution is -0.131. The Morgan fingerprint density at radius 1 is 1.25 bits per heavy atom. The summed E-state index contributed by atoms with van der Waals surface area (Å²) in [4.78, 5) is 0. The van der Waals surface area contributed by atoms with Crippen LogP contribution in [0.15, 0.2) is 24.3 Å². The number of rotatable bonds is 4. The van der Waals surface area contributed by atoms with Crippen LogP contribution in [0.3, 0.4) is 0 Å². The topological polar surface area (TPSA) is 9.23 Å². The van der Waals surface area contributed by atoms with E-state index in [0.717, 1.165) is 5.56 Å². The molecule has 0 aliphatic carbocycles. The minimum atomic E-state index is -4.41. The van der Waals surface area contributed by atoms with Crippen LogP contribution in [0.1, 0.15) is 16.5 Å². The third-order valence-electron chi connectivity index (χ3n) is 2.15. The average molecular weight is 253 g/mol. The van der Waals surface area contributed by atoms with Crippen molar-refractivity contribution in [1.29, 1.82) is 0 Å². The summed E-state index contributed by atoms with van der Waals surface area (Å²) in [6.45, 7) is 0.545. The van der Waals surface area contributed by atoms with Crippen molar-refractivity contribution in [1.82, 2.24) is 0 Å². The number of methoxy groups -OCH3 is 1. The molecule has 1 nitrogen and oxygen atoms in total. The van der Waals surface area contributed by atoms with Crippen molar-refractivity contribution in [3.05, 3.63) is 35.4 Å². The van der Waals surface area contributed by atoms with Crippen LogP contribution < -0.4 is 0 Å². The normalized spacial score (nSPS) is 13.8. The molecule has 1 unspecified atom stereocenters. The van der Waals surface area contributed by atoms with Gasteiger partial charge in [-0.15, -0.1) is 11.6 Å². The van der Waals surface area contributed by atoms with E-state index in [1.807, 2.05) is 0 Å². The van der Waals surface area contributed by atoms with Crippen LogP contribution >= 0.6 is 11.6 Å². The highest BCUT2D eigenvalue weighted by molar-refractivity contribution is 6.21. The molecule has 0 bridgehead atoms. The van der Waals surface area contributed by atoms with Crippen molar-refractivity contribution >= 4 is 11.6 Å². The van der Waals surface area contributed by atoms with Crippen LogP contribution in [0.25, 0.3) is 0 Å². The van der Waals surface area contributed by atoms with Crippen LogP contribution in [0.2, 0.25) is 0 Å². The van der Waals surface area contributed by atoms with Crippen molar-refractivity contribution < 1.29 is 17.9 Å². The lowest BCUT2D eigenvalue weighted by atomic mass is 10.1. The van der Waals surface area contributed by atoms with Crippen molar-refractivity contribution in [3.63, 3.8) is 0 Å². The Bertz CT molecular complexity index is 321. The molecule has 16 heavy (non-hydrogen) atoms. The lowest BCUT2D eigenvalue weighted by Gasteiger charge is -2.14. The maximum atomic E-state index is 12.3. The van der Waals surface area contributed by atoms with Crippen molar-refractivity contribution in [2.75, 3.05) is 13.7 Å². The fraction of sp³-hybridized carbons (Fsp3) is 0.455. The molecule has 0 saturated carbocycles. The number of halogens is 4. The molecule has 0 heterocycles. The van der Waals surface area contributed by atoms with Crippen molar-refractivity contribution in [2.45, 2.75) is 18.0 Å². The van der Waals surface area contributed by atoms with E-state index in [0.29, 0.717) is 13.0 Å². The Balaban J connectivity index is 2.71. The van der Waals surface area contributed by atoms with E-state index in [4.69, 9.17) is 16.3 Å². The molecule has 0 fully saturated rings. The van der Waals surface area contributed by atoms with Gasteiger partial charge in [0.15, 0.2) is 5.38 Å². The first kappa shape index (κ1) is 13.3. The van der Waals surface area contributed by atoms with Crippen LogP contribution in [-0.4, -0.2) is 19.9 Å². The molecule has 0 radical (unpaired) electrons. The third kappa shape index (κ3) is 3.68. The summed E-state index contributed by atoms with van der Waals surface area (Å²) in [5.41, 5.74) is 0.993. The molecule has 0 aromatic heterocycles. The Morgan fingerprint density at radius 3 is 2.25 bits per heavy atom. The van der Waals surface area contributed by atoms with Gasteiger partial charge in [-0.25, -0.2) is 0 Å². The molecule has 1 rings (SSSR count). The minimum absolute atomic E-state index is 0.0651. The monoisotopic (exact) mass is 252 g/mol. The number of alkyl halides is 4. The second-order valence-corrected chi connectivity index (χ2v) is 3.82. The molecule has 1 aromatic carbocycles. The summed E-state index contributed by atoms with van der Waals surface area (Å²) < 4.78 is 41.7. The molecule has 1 atom stereocenters. The zero-order valence-corrected chi connectivity index (χ0v) is 9.48. The number of ether oxygens (including phenoxy) is 1. The van der Waals surface area contributed by atoms with Crippen LogP contribution in [0, 0.1) is 0 Å². The first-order valence-corrected chi connectivity index (χ1v) is 5.17. The highest BCUT2D eigenvalue weighted by Crippen LogP contribution is 2.37. The SMILES string of the molecule is COCCc1ccc(C(Cl)C(F)(F)F)cc1. The number of benzene rings is 1. The predicted molar refractivity (Wildman–Crippen MR) is 56.7 cm³/mol. The zero-order chi connectivity index (χ0) is 12.2. The summed E-state index contributed by atoms with van der Waals surface area (Å²) in [7, 11) is 1.58. The molecule has 90 valence electrons. The number of hydrogen-bond donors (Lipinski definition) is 0. The van der Waals surface area contributed by atoms with Crippen LogP contribution in [0.4, 0.5) is 13.2 Å². The smallest absolute Gasteiger partial charge is 0.384 e. The summed E-state index contributed by atoms with van der Waals surface area (Å²) in [6.07, 6.45) is -3.73. The van der Waals surface area contributed by atoms with Gasteiger partial charge in [-0.05, 0) is 17.5 Å². The van der Waals surface area contributed by atoms with E-state index >= 15 is 0 Å². The Kier molecular flexibility index (Phi) is 4.62. The van der Waals surface area contributed by atoms with E-state index < -0.39 is 11.6 Å². The highest BCUT2D eigenvalue weighted by atomic mass is 35.5. The first-order valence-electron chi connectivity index (χ1n) is 4.73. The molecular weight excluding hydrogens is 241 g/mol. The molecule has 0 aliphatic rings. The van der Waals surface area contributed by atoms with Gasteiger partial charge in [0, 0.05) is 7.11 Å². The quantitative estimate of drug-likeness (QED) is 0.742. The van der Waals surface area contributed by atoms with E-state index in [9.17, 15) is 13.2 Å². The van der Waals surface area contributed by atoms with Gasteiger partial charge in [-0.2, -0.15) is 13.2 Å². The largest absolute Gasteiger partial charge is 0.408 e. The van der Waals surface area contributed by atoms with Gasteiger partial charge >= 0.3 is 6.18 Å². The standard InChI is InChI=1S/C11H12ClF3O/c1-16-7-6-8-2-4-9(5-3-8)10(12)11(13,14)15/h2-5,10H,6-7H2,1H3. The van der Waals surface area contributed by atoms with Crippen LogP contribution in [-0.2, 0) is 11.2 Å². The highest BCUT2D eigenvalue weighted by Gasteiger charge is 2.39. The second kappa shape index (κ2) is 5.55. The molecule has 0 spiro atoms. The van der Waals surface area contributed by atoms with Gasteiger partial charge in [0.2, 0.25) is 0 Å². The van der Waals surface area contributed by atoms with E-state index in [1.165, 1.54) is 12.1 Å². The summed E-state index contributed by atoms with van der Waals surface area (Å²) in [6, 6.07) is 6.07. The Morgan fingerprint density at radius 2 is 1.81 bits per heavy atom. The van der Waals surface area contributed by atoms with Crippen molar-refractivity contribution in [2.24, 2.45) is 0 Å². The van der Waals surface area contributed by atoms with Gasteiger partial charge < -0.3 is 4.74 Å². The lowest BCUT2D eigenvalue weighted by Crippen LogP contribution is -2.15. The van der Waals surface area contributed by atoms with E-state index in [1.54, 1.807) is 19.2 Å². The van der Waals surface area contributed by atoms with E-state index in [-0.39, 0.29) is 5.56 Å². The molecule has 1 aromatic rings. The Labute approximate surface area is 97.2 Å². The average Bonchev–Trinajstić information content (AvgIpc) is 2.25. The summed E-state index contributed by atoms with van der Waals surface area (Å²) in [5, 5.41) is -1.94. The van der Waals surface area contributed by atoms with Gasteiger partial charge in [0.25, 0.3) is 0 Å².